The van der Waals surface area contributed by atoms with Crippen molar-refractivity contribution in [1.82, 2.24) is 4.90 Å². The van der Waals surface area contributed by atoms with E-state index in [0.717, 1.165) is 12.8 Å². The highest BCUT2D eigenvalue weighted by atomic mass is 16.5. The third kappa shape index (κ3) is 2.18. The van der Waals surface area contributed by atoms with Crippen LogP contribution < -0.4 is 5.73 Å². The van der Waals surface area contributed by atoms with E-state index in [1.807, 2.05) is 11.8 Å². The number of morpholine rings is 1. The predicted octanol–water partition coefficient (Wildman–Crippen LogP) is -0.0320. The molecule has 1 amide bonds. The normalized spacial score (nSPS) is 45.7. The molecule has 0 aromatic heterocycles. The summed E-state index contributed by atoms with van der Waals surface area (Å²) in [6, 6.07) is 0.121. The van der Waals surface area contributed by atoms with Gasteiger partial charge in [-0.2, -0.15) is 0 Å². The summed E-state index contributed by atoms with van der Waals surface area (Å²) in [6.07, 6.45) is 3.22. The number of carbonyl (C=O) groups is 1. The molecule has 0 aromatic carbocycles. The highest BCUT2D eigenvalue weighted by molar-refractivity contribution is 5.81. The fourth-order valence-electron chi connectivity index (χ4n) is 4.13. The van der Waals surface area contributed by atoms with E-state index in [1.165, 1.54) is 6.42 Å². The fraction of sp³-hybridized carbons (Fsp3) is 0.929. The molecule has 3 aliphatic rings. The molecule has 19 heavy (non-hydrogen) atoms. The molecular weight excluding hydrogens is 244 g/mol. The molecule has 0 aromatic rings. The number of aliphatic hydroxyl groups excluding tert-OH is 1. The first-order valence-electron chi connectivity index (χ1n) is 7.40. The SMILES string of the molecule is CC1COC(CO)CN1C(=O)C1C2CCC(C2)C1N. The zero-order valence-electron chi connectivity index (χ0n) is 11.5. The van der Waals surface area contributed by atoms with Crippen molar-refractivity contribution in [3.63, 3.8) is 0 Å². The summed E-state index contributed by atoms with van der Waals surface area (Å²) < 4.78 is 5.50. The molecule has 0 spiro atoms. The predicted molar refractivity (Wildman–Crippen MR) is 70.3 cm³/mol. The van der Waals surface area contributed by atoms with Crippen molar-refractivity contribution >= 4 is 5.91 Å². The molecule has 1 saturated heterocycles. The Hall–Kier alpha value is -0.650. The number of aliphatic hydroxyl groups is 1. The summed E-state index contributed by atoms with van der Waals surface area (Å²) in [6.45, 7) is 2.98. The van der Waals surface area contributed by atoms with E-state index >= 15 is 0 Å². The summed E-state index contributed by atoms with van der Waals surface area (Å²) in [5.74, 6) is 1.21. The van der Waals surface area contributed by atoms with Crippen LogP contribution in [0.25, 0.3) is 0 Å². The molecule has 1 heterocycles. The van der Waals surface area contributed by atoms with Crippen LogP contribution in [0.4, 0.5) is 0 Å². The Morgan fingerprint density at radius 1 is 1.42 bits per heavy atom. The maximum absolute atomic E-state index is 12.8. The summed E-state index contributed by atoms with van der Waals surface area (Å²) >= 11 is 0. The van der Waals surface area contributed by atoms with Gasteiger partial charge in [0.2, 0.25) is 5.91 Å². The molecule has 5 heteroatoms. The van der Waals surface area contributed by atoms with Gasteiger partial charge in [0.1, 0.15) is 0 Å². The molecule has 2 bridgehead atoms. The maximum atomic E-state index is 12.8. The number of carbonyl (C=O) groups excluding carboxylic acids is 1. The third-order valence-electron chi connectivity index (χ3n) is 5.26. The quantitative estimate of drug-likeness (QED) is 0.737. The minimum atomic E-state index is -0.241. The number of amides is 1. The molecule has 1 aliphatic heterocycles. The first-order valence-corrected chi connectivity index (χ1v) is 7.40. The summed E-state index contributed by atoms with van der Waals surface area (Å²) in [4.78, 5) is 14.7. The minimum Gasteiger partial charge on any atom is -0.394 e. The van der Waals surface area contributed by atoms with Crippen molar-refractivity contribution in [3.8, 4) is 0 Å². The second kappa shape index (κ2) is 5.04. The van der Waals surface area contributed by atoms with Gasteiger partial charge < -0.3 is 20.5 Å². The van der Waals surface area contributed by atoms with Crippen LogP contribution in [-0.2, 0) is 9.53 Å². The highest BCUT2D eigenvalue weighted by Gasteiger charge is 2.51. The van der Waals surface area contributed by atoms with E-state index in [1.54, 1.807) is 0 Å². The summed E-state index contributed by atoms with van der Waals surface area (Å²) in [5.41, 5.74) is 6.26. The second-order valence-corrected chi connectivity index (χ2v) is 6.41. The van der Waals surface area contributed by atoms with Crippen LogP contribution in [0.2, 0.25) is 0 Å². The Labute approximate surface area is 114 Å². The number of hydrogen-bond donors (Lipinski definition) is 2. The number of fused-ring (bicyclic) bond motifs is 2. The molecule has 6 atom stereocenters. The van der Waals surface area contributed by atoms with Crippen LogP contribution in [0.5, 0.6) is 0 Å². The molecule has 6 unspecified atom stereocenters. The summed E-state index contributed by atoms with van der Waals surface area (Å²) in [5, 5.41) is 9.21. The van der Waals surface area contributed by atoms with Gasteiger partial charge in [0.05, 0.1) is 31.3 Å². The third-order valence-corrected chi connectivity index (χ3v) is 5.26. The lowest BCUT2D eigenvalue weighted by molar-refractivity contribution is -0.152. The zero-order chi connectivity index (χ0) is 13.6. The van der Waals surface area contributed by atoms with Crippen molar-refractivity contribution < 1.29 is 14.6 Å². The highest BCUT2D eigenvalue weighted by Crippen LogP contribution is 2.48. The van der Waals surface area contributed by atoms with Gasteiger partial charge in [-0.1, -0.05) is 0 Å². The molecule has 2 aliphatic carbocycles. The average molecular weight is 268 g/mol. The van der Waals surface area contributed by atoms with Crippen molar-refractivity contribution in [3.05, 3.63) is 0 Å². The molecule has 5 nitrogen and oxygen atoms in total. The zero-order valence-corrected chi connectivity index (χ0v) is 11.5. The van der Waals surface area contributed by atoms with Gasteiger partial charge in [0.25, 0.3) is 0 Å². The lowest BCUT2D eigenvalue weighted by Gasteiger charge is -2.41. The van der Waals surface area contributed by atoms with Crippen molar-refractivity contribution in [1.29, 1.82) is 0 Å². The second-order valence-electron chi connectivity index (χ2n) is 6.41. The number of nitrogens with two attached hydrogens (primary N) is 1. The largest absolute Gasteiger partial charge is 0.394 e. The van der Waals surface area contributed by atoms with Crippen molar-refractivity contribution in [2.45, 2.75) is 44.4 Å². The monoisotopic (exact) mass is 268 g/mol. The van der Waals surface area contributed by atoms with Crippen LogP contribution >= 0.6 is 0 Å². The van der Waals surface area contributed by atoms with E-state index in [9.17, 15) is 9.90 Å². The number of rotatable bonds is 2. The van der Waals surface area contributed by atoms with Crippen LogP contribution in [0.3, 0.4) is 0 Å². The molecule has 0 radical (unpaired) electrons. The van der Waals surface area contributed by atoms with Crippen LogP contribution in [0.15, 0.2) is 0 Å². The number of hydrogen-bond acceptors (Lipinski definition) is 4. The van der Waals surface area contributed by atoms with Gasteiger partial charge in [-0.25, -0.2) is 0 Å². The maximum Gasteiger partial charge on any atom is 0.227 e. The van der Waals surface area contributed by atoms with Gasteiger partial charge >= 0.3 is 0 Å². The van der Waals surface area contributed by atoms with E-state index < -0.39 is 0 Å². The lowest BCUT2D eigenvalue weighted by atomic mass is 9.83. The topological polar surface area (TPSA) is 75.8 Å². The minimum absolute atomic E-state index is 0.00126. The van der Waals surface area contributed by atoms with E-state index in [2.05, 4.69) is 0 Å². The van der Waals surface area contributed by atoms with E-state index in [4.69, 9.17) is 10.5 Å². The molecule has 108 valence electrons. The van der Waals surface area contributed by atoms with Crippen LogP contribution in [0.1, 0.15) is 26.2 Å². The molecule has 3 N–H and O–H groups in total. The molecule has 2 saturated carbocycles. The Balaban J connectivity index is 1.72. The Morgan fingerprint density at radius 3 is 2.79 bits per heavy atom. The number of nitrogens with zero attached hydrogens (tertiary/aromatic N) is 1. The Morgan fingerprint density at radius 2 is 2.16 bits per heavy atom. The van der Waals surface area contributed by atoms with Crippen LogP contribution in [0, 0.1) is 17.8 Å². The lowest BCUT2D eigenvalue weighted by Crippen LogP contribution is -2.56. The summed E-state index contributed by atoms with van der Waals surface area (Å²) in [7, 11) is 0. The van der Waals surface area contributed by atoms with Crippen molar-refractivity contribution in [2.24, 2.45) is 23.5 Å². The molecular formula is C14H24N2O3. The first-order chi connectivity index (χ1) is 9.11. The Kier molecular flexibility index (Phi) is 3.53. The standard InChI is InChI=1S/C14H24N2O3/c1-8-7-19-11(6-17)5-16(8)14(18)12-9-2-3-10(4-9)13(12)15/h8-13,17H,2-7,15H2,1H3. The van der Waals surface area contributed by atoms with Gasteiger partial charge in [0, 0.05) is 12.6 Å². The van der Waals surface area contributed by atoms with Crippen molar-refractivity contribution in [2.75, 3.05) is 19.8 Å². The van der Waals surface area contributed by atoms with E-state index in [-0.39, 0.29) is 36.6 Å². The molecule has 3 fully saturated rings. The first kappa shape index (κ1) is 13.3. The smallest absolute Gasteiger partial charge is 0.227 e. The van der Waals surface area contributed by atoms with Gasteiger partial charge in [-0.15, -0.1) is 0 Å². The van der Waals surface area contributed by atoms with Gasteiger partial charge in [-0.3, -0.25) is 4.79 Å². The number of ether oxygens (including phenoxy) is 1. The average Bonchev–Trinajstić information content (AvgIpc) is 2.99. The van der Waals surface area contributed by atoms with Gasteiger partial charge in [0.15, 0.2) is 0 Å². The molecule has 3 rings (SSSR count). The van der Waals surface area contributed by atoms with Crippen LogP contribution in [-0.4, -0.2) is 53.9 Å². The fourth-order valence-corrected chi connectivity index (χ4v) is 4.13. The van der Waals surface area contributed by atoms with Gasteiger partial charge in [-0.05, 0) is 38.0 Å². The Bertz CT molecular complexity index is 361. The van der Waals surface area contributed by atoms with E-state index in [0.29, 0.717) is 25.0 Å².